The first-order valence-corrected chi connectivity index (χ1v) is 13.3. The highest BCUT2D eigenvalue weighted by Crippen LogP contribution is 2.37. The van der Waals surface area contributed by atoms with Crippen molar-refractivity contribution in [3.05, 3.63) is 67.8 Å². The number of rotatable bonds is 6. The topological polar surface area (TPSA) is 78.6 Å². The SMILES string of the molecule is CCCn1c(N2CC(C)OC(C)C2)c(/C=C2\SC(=S)N(Cc3ccccc3)C2=O)c(C)c(C#N)c1=O. The molecule has 4 rings (SSSR count). The second kappa shape index (κ2) is 11.0. The molecule has 0 radical (unpaired) electrons. The Hall–Kier alpha value is -2.93. The standard InChI is InChI=1S/C27H30N4O3S2/c1-5-11-30-24(29-14-17(2)34-18(3)15-29)21(19(4)22(13-28)25(30)32)12-23-26(33)31(27(35)36-23)16-20-9-7-6-8-10-20/h6-10,12,17-18H,5,11,14-16H2,1-4H3/b23-12-. The number of thiocarbonyl (C=S) groups is 1. The summed E-state index contributed by atoms with van der Waals surface area (Å²) in [5, 5.41) is 9.84. The Morgan fingerprint density at radius 3 is 2.47 bits per heavy atom. The van der Waals surface area contributed by atoms with Gasteiger partial charge in [0.15, 0.2) is 0 Å². The van der Waals surface area contributed by atoms with E-state index < -0.39 is 0 Å². The minimum absolute atomic E-state index is 0.0215. The summed E-state index contributed by atoms with van der Waals surface area (Å²) in [6, 6.07) is 11.8. The normalized spacial score (nSPS) is 21.4. The van der Waals surface area contributed by atoms with Crippen LogP contribution in [0.4, 0.5) is 5.82 Å². The van der Waals surface area contributed by atoms with E-state index in [1.165, 1.54) is 11.8 Å². The van der Waals surface area contributed by atoms with E-state index in [0.29, 0.717) is 46.5 Å². The molecular formula is C27H30N4O3S2. The molecule has 1 aromatic carbocycles. The van der Waals surface area contributed by atoms with Crippen LogP contribution in [0.15, 0.2) is 40.0 Å². The van der Waals surface area contributed by atoms with Gasteiger partial charge >= 0.3 is 0 Å². The molecule has 9 heteroatoms. The molecule has 0 bridgehead atoms. The van der Waals surface area contributed by atoms with Crippen LogP contribution in [-0.2, 0) is 22.6 Å². The zero-order chi connectivity index (χ0) is 26.0. The maximum Gasteiger partial charge on any atom is 0.270 e. The molecule has 1 amide bonds. The minimum Gasteiger partial charge on any atom is -0.372 e. The highest BCUT2D eigenvalue weighted by molar-refractivity contribution is 8.26. The molecule has 0 N–H and O–H groups in total. The third-order valence-corrected chi connectivity index (χ3v) is 7.72. The number of ether oxygens (including phenoxy) is 1. The average molecular weight is 523 g/mol. The number of nitrogens with zero attached hydrogens (tertiary/aromatic N) is 4. The van der Waals surface area contributed by atoms with E-state index in [1.54, 1.807) is 16.4 Å². The summed E-state index contributed by atoms with van der Waals surface area (Å²) in [5.41, 5.74) is 2.08. The lowest BCUT2D eigenvalue weighted by atomic mass is 10.0. The molecule has 0 spiro atoms. The van der Waals surface area contributed by atoms with Crippen molar-refractivity contribution in [1.82, 2.24) is 9.47 Å². The third-order valence-electron chi connectivity index (χ3n) is 6.35. The van der Waals surface area contributed by atoms with E-state index in [-0.39, 0.29) is 29.2 Å². The third kappa shape index (κ3) is 5.12. The van der Waals surface area contributed by atoms with Crippen molar-refractivity contribution in [3.8, 4) is 6.07 Å². The lowest BCUT2D eigenvalue weighted by molar-refractivity contribution is -0.122. The monoisotopic (exact) mass is 522 g/mol. The number of amides is 1. The quantitative estimate of drug-likeness (QED) is 0.410. The largest absolute Gasteiger partial charge is 0.372 e. The summed E-state index contributed by atoms with van der Waals surface area (Å²) in [6.45, 7) is 9.88. The molecule has 2 atom stereocenters. The van der Waals surface area contributed by atoms with Gasteiger partial charge in [0.05, 0.1) is 23.7 Å². The number of anilines is 1. The summed E-state index contributed by atoms with van der Waals surface area (Å²) in [5.74, 6) is 0.559. The van der Waals surface area contributed by atoms with E-state index in [0.717, 1.165) is 17.8 Å². The van der Waals surface area contributed by atoms with Crippen molar-refractivity contribution in [1.29, 1.82) is 5.26 Å². The summed E-state index contributed by atoms with van der Waals surface area (Å²) in [7, 11) is 0. The molecule has 2 aliphatic heterocycles. The van der Waals surface area contributed by atoms with Crippen LogP contribution in [0.5, 0.6) is 0 Å². The number of pyridine rings is 1. The Balaban J connectivity index is 1.84. The Labute approximate surface area is 221 Å². The highest BCUT2D eigenvalue weighted by Gasteiger charge is 2.34. The van der Waals surface area contributed by atoms with Crippen LogP contribution in [0.3, 0.4) is 0 Å². The van der Waals surface area contributed by atoms with Gasteiger partial charge < -0.3 is 9.64 Å². The van der Waals surface area contributed by atoms with Crippen molar-refractivity contribution < 1.29 is 9.53 Å². The first-order valence-electron chi connectivity index (χ1n) is 12.1. The number of thioether (sulfide) groups is 1. The number of aromatic nitrogens is 1. The van der Waals surface area contributed by atoms with Gasteiger partial charge in [-0.15, -0.1) is 0 Å². The molecule has 0 saturated carbocycles. The molecule has 0 aliphatic carbocycles. The smallest absolute Gasteiger partial charge is 0.270 e. The average Bonchev–Trinajstić information content (AvgIpc) is 3.10. The van der Waals surface area contributed by atoms with Crippen LogP contribution < -0.4 is 10.5 Å². The van der Waals surface area contributed by atoms with Crippen LogP contribution in [0.2, 0.25) is 0 Å². The van der Waals surface area contributed by atoms with E-state index in [1.807, 2.05) is 57.2 Å². The van der Waals surface area contributed by atoms with Crippen molar-refractivity contribution in [2.24, 2.45) is 0 Å². The Morgan fingerprint density at radius 2 is 1.86 bits per heavy atom. The Bertz CT molecular complexity index is 1300. The zero-order valence-corrected chi connectivity index (χ0v) is 22.6. The first-order chi connectivity index (χ1) is 17.2. The number of nitriles is 1. The number of hydrogen-bond acceptors (Lipinski definition) is 7. The summed E-state index contributed by atoms with van der Waals surface area (Å²) >= 11 is 6.81. The van der Waals surface area contributed by atoms with Gasteiger partial charge in [0, 0.05) is 25.2 Å². The van der Waals surface area contributed by atoms with Crippen LogP contribution in [0, 0.1) is 18.3 Å². The van der Waals surface area contributed by atoms with E-state index in [2.05, 4.69) is 11.0 Å². The Morgan fingerprint density at radius 1 is 1.19 bits per heavy atom. The van der Waals surface area contributed by atoms with E-state index >= 15 is 0 Å². The highest BCUT2D eigenvalue weighted by atomic mass is 32.2. The van der Waals surface area contributed by atoms with Crippen LogP contribution in [0.25, 0.3) is 6.08 Å². The van der Waals surface area contributed by atoms with Gasteiger partial charge in [0.25, 0.3) is 11.5 Å². The predicted molar refractivity (Wildman–Crippen MR) is 148 cm³/mol. The number of carbonyl (C=O) groups excluding carboxylic acids is 1. The fraction of sp³-hybridized carbons (Fsp3) is 0.407. The van der Waals surface area contributed by atoms with Crippen molar-refractivity contribution in [2.45, 2.75) is 59.4 Å². The molecule has 3 heterocycles. The van der Waals surface area contributed by atoms with Crippen LogP contribution >= 0.6 is 24.0 Å². The molecular weight excluding hydrogens is 492 g/mol. The van der Waals surface area contributed by atoms with Crippen molar-refractivity contribution in [2.75, 3.05) is 18.0 Å². The fourth-order valence-electron chi connectivity index (χ4n) is 4.80. The van der Waals surface area contributed by atoms with Gasteiger partial charge in [-0.3, -0.25) is 19.1 Å². The van der Waals surface area contributed by atoms with E-state index in [9.17, 15) is 14.9 Å². The van der Waals surface area contributed by atoms with Gasteiger partial charge in [-0.2, -0.15) is 5.26 Å². The Kier molecular flexibility index (Phi) is 7.98. The molecule has 2 fully saturated rings. The zero-order valence-electron chi connectivity index (χ0n) is 21.0. The fourth-order valence-corrected chi connectivity index (χ4v) is 6.04. The van der Waals surface area contributed by atoms with Gasteiger partial charge in [-0.25, -0.2) is 0 Å². The second-order valence-electron chi connectivity index (χ2n) is 9.22. The minimum atomic E-state index is -0.299. The molecule has 36 heavy (non-hydrogen) atoms. The maximum atomic E-state index is 13.4. The van der Waals surface area contributed by atoms with E-state index in [4.69, 9.17) is 17.0 Å². The van der Waals surface area contributed by atoms with Gasteiger partial charge in [-0.05, 0) is 44.4 Å². The summed E-state index contributed by atoms with van der Waals surface area (Å²) in [6.07, 6.45) is 2.50. The van der Waals surface area contributed by atoms with Crippen LogP contribution in [0.1, 0.15) is 49.4 Å². The first kappa shape index (κ1) is 26.1. The lowest BCUT2D eigenvalue weighted by Gasteiger charge is -2.39. The number of hydrogen-bond donors (Lipinski definition) is 0. The number of benzene rings is 1. The molecule has 1 aromatic heterocycles. The summed E-state index contributed by atoms with van der Waals surface area (Å²) < 4.78 is 8.12. The van der Waals surface area contributed by atoms with Crippen LogP contribution in [-0.4, -0.2) is 45.0 Å². The van der Waals surface area contributed by atoms with Crippen molar-refractivity contribution >= 4 is 46.1 Å². The number of carbonyl (C=O) groups is 1. The molecule has 2 aliphatic rings. The number of morpholine rings is 1. The molecule has 2 unspecified atom stereocenters. The maximum absolute atomic E-state index is 13.4. The predicted octanol–water partition coefficient (Wildman–Crippen LogP) is 4.45. The van der Waals surface area contributed by atoms with Gasteiger partial charge in [0.2, 0.25) is 0 Å². The molecule has 7 nitrogen and oxygen atoms in total. The molecule has 2 saturated heterocycles. The van der Waals surface area contributed by atoms with Crippen molar-refractivity contribution in [3.63, 3.8) is 0 Å². The lowest BCUT2D eigenvalue weighted by Crippen LogP contribution is -2.48. The molecule has 2 aromatic rings. The summed E-state index contributed by atoms with van der Waals surface area (Å²) in [4.78, 5) is 31.0. The molecule has 188 valence electrons. The van der Waals surface area contributed by atoms with Gasteiger partial charge in [-0.1, -0.05) is 61.2 Å². The second-order valence-corrected chi connectivity index (χ2v) is 10.9. The van der Waals surface area contributed by atoms with Gasteiger partial charge in [0.1, 0.15) is 21.8 Å².